The molecule has 0 unspecified atom stereocenters. The number of aryl methyl sites for hydroxylation is 1. The SMILES string of the molecule is Cc1nnc(Sc2ccc(S(=O)(=O)NC3CCCC3)cn2)s1. The minimum Gasteiger partial charge on any atom is -0.248 e. The van der Waals surface area contributed by atoms with Gasteiger partial charge in [0.2, 0.25) is 10.0 Å². The topological polar surface area (TPSA) is 84.8 Å². The molecule has 0 spiro atoms. The van der Waals surface area contributed by atoms with E-state index in [0.29, 0.717) is 5.03 Å². The minimum atomic E-state index is -3.48. The lowest BCUT2D eigenvalue weighted by Crippen LogP contribution is -2.32. The molecule has 1 aliphatic carbocycles. The molecule has 1 N–H and O–H groups in total. The van der Waals surface area contributed by atoms with E-state index in [1.54, 1.807) is 12.1 Å². The van der Waals surface area contributed by atoms with Gasteiger partial charge in [-0.25, -0.2) is 18.1 Å². The Morgan fingerprint density at radius 3 is 2.64 bits per heavy atom. The maximum Gasteiger partial charge on any atom is 0.242 e. The summed E-state index contributed by atoms with van der Waals surface area (Å²) in [4.78, 5) is 4.41. The summed E-state index contributed by atoms with van der Waals surface area (Å²) >= 11 is 2.86. The summed E-state index contributed by atoms with van der Waals surface area (Å²) in [7, 11) is -3.48. The van der Waals surface area contributed by atoms with Gasteiger partial charge in [-0.15, -0.1) is 10.2 Å². The predicted molar refractivity (Wildman–Crippen MR) is 85.6 cm³/mol. The highest BCUT2D eigenvalue weighted by Gasteiger charge is 2.23. The molecule has 9 heteroatoms. The first kappa shape index (κ1) is 15.9. The van der Waals surface area contributed by atoms with Gasteiger partial charge in [0.25, 0.3) is 0 Å². The fourth-order valence-corrected chi connectivity index (χ4v) is 5.28. The van der Waals surface area contributed by atoms with Crippen molar-refractivity contribution in [3.05, 3.63) is 23.3 Å². The fourth-order valence-electron chi connectivity index (χ4n) is 2.33. The molecule has 0 aromatic carbocycles. The van der Waals surface area contributed by atoms with Gasteiger partial charge in [0.15, 0.2) is 4.34 Å². The van der Waals surface area contributed by atoms with Crippen LogP contribution >= 0.6 is 23.1 Å². The van der Waals surface area contributed by atoms with Crippen molar-refractivity contribution in [2.45, 2.75) is 52.9 Å². The first-order valence-corrected chi connectivity index (χ1v) is 10.1. The van der Waals surface area contributed by atoms with Crippen LogP contribution in [0, 0.1) is 6.92 Å². The third kappa shape index (κ3) is 3.83. The van der Waals surface area contributed by atoms with Crippen molar-refractivity contribution in [3.63, 3.8) is 0 Å². The zero-order valence-electron chi connectivity index (χ0n) is 12.0. The molecule has 2 heterocycles. The highest BCUT2D eigenvalue weighted by Crippen LogP contribution is 2.29. The van der Waals surface area contributed by atoms with Crippen LogP contribution in [0.5, 0.6) is 0 Å². The molecule has 1 fully saturated rings. The Bertz CT molecular complexity index is 737. The van der Waals surface area contributed by atoms with Crippen LogP contribution in [0.2, 0.25) is 0 Å². The van der Waals surface area contributed by atoms with E-state index < -0.39 is 10.0 Å². The minimum absolute atomic E-state index is 0.0587. The fraction of sp³-hybridized carbons (Fsp3) is 0.462. The second-order valence-electron chi connectivity index (χ2n) is 5.12. The van der Waals surface area contributed by atoms with Crippen LogP contribution in [0.4, 0.5) is 0 Å². The first-order chi connectivity index (χ1) is 10.5. The Morgan fingerprint density at radius 2 is 2.05 bits per heavy atom. The Labute approximate surface area is 137 Å². The van der Waals surface area contributed by atoms with Gasteiger partial charge in [-0.3, -0.25) is 0 Å². The van der Waals surface area contributed by atoms with Gasteiger partial charge in [0.1, 0.15) is 14.9 Å². The lowest BCUT2D eigenvalue weighted by molar-refractivity contribution is 0.551. The number of rotatable bonds is 5. The van der Waals surface area contributed by atoms with Crippen molar-refractivity contribution in [3.8, 4) is 0 Å². The summed E-state index contributed by atoms with van der Waals surface area (Å²) in [5.74, 6) is 0. The van der Waals surface area contributed by atoms with Crippen molar-refractivity contribution in [2.24, 2.45) is 0 Å². The lowest BCUT2D eigenvalue weighted by atomic mass is 10.3. The zero-order valence-corrected chi connectivity index (χ0v) is 14.5. The highest BCUT2D eigenvalue weighted by atomic mass is 32.2. The van der Waals surface area contributed by atoms with Gasteiger partial charge in [-0.05, 0) is 43.7 Å². The van der Waals surface area contributed by atoms with E-state index in [9.17, 15) is 8.42 Å². The molecule has 0 radical (unpaired) electrons. The number of pyridine rings is 1. The summed E-state index contributed by atoms with van der Waals surface area (Å²) in [6, 6.07) is 3.34. The van der Waals surface area contributed by atoms with Crippen molar-refractivity contribution >= 4 is 33.1 Å². The molecule has 0 atom stereocenters. The van der Waals surface area contributed by atoms with Gasteiger partial charge in [-0.1, -0.05) is 24.2 Å². The average molecular weight is 356 g/mol. The maximum absolute atomic E-state index is 12.3. The van der Waals surface area contributed by atoms with Gasteiger partial charge in [-0.2, -0.15) is 0 Å². The van der Waals surface area contributed by atoms with Crippen molar-refractivity contribution in [2.75, 3.05) is 0 Å². The van der Waals surface area contributed by atoms with Crippen LogP contribution in [0.1, 0.15) is 30.7 Å². The van der Waals surface area contributed by atoms with Crippen LogP contribution in [-0.4, -0.2) is 29.6 Å². The Morgan fingerprint density at radius 1 is 1.27 bits per heavy atom. The number of hydrogen-bond acceptors (Lipinski definition) is 7. The molecule has 0 bridgehead atoms. The number of sulfonamides is 1. The standard InChI is InChI=1S/C13H16N4O2S3/c1-9-15-16-13(20-9)21-12-7-6-11(8-14-12)22(18,19)17-10-4-2-3-5-10/h6-8,10,17H,2-5H2,1H3. The zero-order chi connectivity index (χ0) is 15.6. The van der Waals surface area contributed by atoms with Gasteiger partial charge in [0.05, 0.1) is 0 Å². The molecular weight excluding hydrogens is 340 g/mol. The number of nitrogens with one attached hydrogen (secondary N) is 1. The van der Waals surface area contributed by atoms with E-state index in [0.717, 1.165) is 35.0 Å². The lowest BCUT2D eigenvalue weighted by Gasteiger charge is -2.12. The van der Waals surface area contributed by atoms with E-state index in [1.165, 1.54) is 29.3 Å². The third-order valence-electron chi connectivity index (χ3n) is 3.40. The Hall–Kier alpha value is -1.03. The predicted octanol–water partition coefficient (Wildman–Crippen LogP) is 2.61. The van der Waals surface area contributed by atoms with Crippen molar-refractivity contribution < 1.29 is 8.42 Å². The first-order valence-electron chi connectivity index (χ1n) is 6.99. The molecule has 22 heavy (non-hydrogen) atoms. The van der Waals surface area contributed by atoms with E-state index in [4.69, 9.17) is 0 Å². The van der Waals surface area contributed by atoms with Gasteiger partial charge < -0.3 is 0 Å². The van der Waals surface area contributed by atoms with Gasteiger partial charge >= 0.3 is 0 Å². The van der Waals surface area contributed by atoms with Crippen LogP contribution in [-0.2, 0) is 10.0 Å². The maximum atomic E-state index is 12.3. The molecule has 0 aliphatic heterocycles. The second kappa shape index (κ2) is 6.61. The van der Waals surface area contributed by atoms with E-state index >= 15 is 0 Å². The second-order valence-corrected chi connectivity index (χ2v) is 9.29. The summed E-state index contributed by atoms with van der Waals surface area (Å²) in [5, 5.41) is 9.55. The van der Waals surface area contributed by atoms with Crippen LogP contribution < -0.4 is 4.72 Å². The quantitative estimate of drug-likeness (QED) is 0.886. The summed E-state index contributed by atoms with van der Waals surface area (Å²) in [5.41, 5.74) is 0. The molecule has 6 nitrogen and oxygen atoms in total. The van der Waals surface area contributed by atoms with E-state index in [-0.39, 0.29) is 10.9 Å². The summed E-state index contributed by atoms with van der Waals surface area (Å²) < 4.78 is 28.1. The van der Waals surface area contributed by atoms with Crippen molar-refractivity contribution in [1.82, 2.24) is 19.9 Å². The number of nitrogens with zero attached hydrogens (tertiary/aromatic N) is 3. The summed E-state index contributed by atoms with van der Waals surface area (Å²) in [6.07, 6.45) is 5.39. The van der Waals surface area contributed by atoms with Crippen LogP contribution in [0.15, 0.2) is 32.6 Å². The summed E-state index contributed by atoms with van der Waals surface area (Å²) in [6.45, 7) is 1.89. The molecule has 0 saturated heterocycles. The van der Waals surface area contributed by atoms with Crippen LogP contribution in [0.3, 0.4) is 0 Å². The monoisotopic (exact) mass is 356 g/mol. The number of hydrogen-bond donors (Lipinski definition) is 1. The average Bonchev–Trinajstić information content (AvgIpc) is 3.11. The van der Waals surface area contributed by atoms with E-state index in [2.05, 4.69) is 19.9 Å². The largest absolute Gasteiger partial charge is 0.248 e. The number of aromatic nitrogens is 3. The Kier molecular flexibility index (Phi) is 4.76. The smallest absolute Gasteiger partial charge is 0.242 e. The van der Waals surface area contributed by atoms with Crippen molar-refractivity contribution in [1.29, 1.82) is 0 Å². The molecule has 2 aromatic heterocycles. The molecule has 0 amide bonds. The van der Waals surface area contributed by atoms with Crippen LogP contribution in [0.25, 0.3) is 0 Å². The third-order valence-corrected chi connectivity index (χ3v) is 6.74. The van der Waals surface area contributed by atoms with Gasteiger partial charge in [0, 0.05) is 12.2 Å². The van der Waals surface area contributed by atoms with E-state index in [1.807, 2.05) is 6.92 Å². The normalized spacial score (nSPS) is 16.2. The highest BCUT2D eigenvalue weighted by molar-refractivity contribution is 8.01. The molecular formula is C13H16N4O2S3. The molecule has 1 saturated carbocycles. The molecule has 118 valence electrons. The molecule has 2 aromatic rings. The molecule has 1 aliphatic rings. The Balaban J connectivity index is 1.70. The molecule has 3 rings (SSSR count).